The van der Waals surface area contributed by atoms with Gasteiger partial charge in [0.15, 0.2) is 0 Å². The highest BCUT2D eigenvalue weighted by atomic mass is 16.6. The van der Waals surface area contributed by atoms with Crippen LogP contribution in [0.15, 0.2) is 0 Å². The van der Waals surface area contributed by atoms with E-state index in [1.54, 1.807) is 0 Å². The van der Waals surface area contributed by atoms with E-state index < -0.39 is 0 Å². The van der Waals surface area contributed by atoms with Crippen molar-refractivity contribution in [2.45, 2.75) is 51.6 Å². The summed E-state index contributed by atoms with van der Waals surface area (Å²) in [4.78, 5) is 0. The van der Waals surface area contributed by atoms with Crippen molar-refractivity contribution in [1.29, 1.82) is 0 Å². The van der Waals surface area contributed by atoms with Gasteiger partial charge in [-0.1, -0.05) is 5.92 Å². The van der Waals surface area contributed by atoms with Crippen molar-refractivity contribution in [1.82, 2.24) is 0 Å². The van der Waals surface area contributed by atoms with E-state index in [0.717, 1.165) is 6.42 Å². The minimum Gasteiger partial charge on any atom is -0.376 e. The molecular weight excluding hydrogens is 192 g/mol. The van der Waals surface area contributed by atoms with Crippen molar-refractivity contribution in [3.63, 3.8) is 0 Å². The Bertz CT molecular complexity index is 221. The molecule has 86 valence electrons. The maximum Gasteiger partial charge on any atom is 0.146 e. The van der Waals surface area contributed by atoms with Crippen molar-refractivity contribution in [2.75, 3.05) is 13.2 Å². The van der Waals surface area contributed by atoms with Crippen LogP contribution in [0.2, 0.25) is 0 Å². The zero-order chi connectivity index (χ0) is 11.3. The summed E-state index contributed by atoms with van der Waals surface area (Å²) in [5, 5.41) is 0. The monoisotopic (exact) mass is 212 g/mol. The maximum absolute atomic E-state index is 5.65. The third-order valence-corrected chi connectivity index (χ3v) is 2.51. The minimum atomic E-state index is -0.287. The highest BCUT2D eigenvalue weighted by molar-refractivity contribution is 5.04. The average molecular weight is 212 g/mol. The molecule has 0 aromatic carbocycles. The van der Waals surface area contributed by atoms with Crippen LogP contribution < -0.4 is 0 Å². The lowest BCUT2D eigenvalue weighted by Crippen LogP contribution is -2.49. The fourth-order valence-electron chi connectivity index (χ4n) is 1.94. The Morgan fingerprint density at radius 2 is 2.00 bits per heavy atom. The van der Waals surface area contributed by atoms with Gasteiger partial charge in [0, 0.05) is 19.6 Å². The van der Waals surface area contributed by atoms with E-state index in [1.165, 1.54) is 0 Å². The van der Waals surface area contributed by atoms with Gasteiger partial charge >= 0.3 is 0 Å². The lowest BCUT2D eigenvalue weighted by Gasteiger charge is -2.38. The van der Waals surface area contributed by atoms with E-state index in [9.17, 15) is 0 Å². The molecule has 1 aliphatic heterocycles. The molecular formula is C12H20O3. The average Bonchev–Trinajstić information content (AvgIpc) is 2.22. The van der Waals surface area contributed by atoms with E-state index in [0.29, 0.717) is 13.2 Å². The normalized spacial score (nSPS) is 36.1. The molecule has 0 bridgehead atoms. The Labute approximate surface area is 92.1 Å². The molecule has 3 heteroatoms. The first kappa shape index (κ1) is 12.5. The highest BCUT2D eigenvalue weighted by Gasteiger charge is 2.37. The van der Waals surface area contributed by atoms with Crippen LogP contribution in [0.25, 0.3) is 0 Å². The van der Waals surface area contributed by atoms with Crippen LogP contribution in [0, 0.1) is 12.3 Å². The number of terminal acetylenes is 1. The molecule has 4 atom stereocenters. The van der Waals surface area contributed by atoms with E-state index in [2.05, 4.69) is 5.92 Å². The van der Waals surface area contributed by atoms with E-state index in [4.69, 9.17) is 20.6 Å². The van der Waals surface area contributed by atoms with E-state index in [-0.39, 0.29) is 24.4 Å². The van der Waals surface area contributed by atoms with Crippen molar-refractivity contribution in [2.24, 2.45) is 0 Å². The fourth-order valence-corrected chi connectivity index (χ4v) is 1.94. The summed E-state index contributed by atoms with van der Waals surface area (Å²) in [6, 6.07) is 0. The third-order valence-electron chi connectivity index (χ3n) is 2.51. The molecule has 0 radical (unpaired) electrons. The van der Waals surface area contributed by atoms with E-state index in [1.807, 2.05) is 20.8 Å². The first-order valence-electron chi connectivity index (χ1n) is 5.57. The van der Waals surface area contributed by atoms with E-state index >= 15 is 0 Å². The van der Waals surface area contributed by atoms with Crippen LogP contribution in [-0.4, -0.2) is 37.6 Å². The van der Waals surface area contributed by atoms with Gasteiger partial charge in [-0.2, -0.15) is 0 Å². The topological polar surface area (TPSA) is 27.7 Å². The fraction of sp³-hybridized carbons (Fsp3) is 0.833. The van der Waals surface area contributed by atoms with Crippen molar-refractivity contribution >= 4 is 0 Å². The summed E-state index contributed by atoms with van der Waals surface area (Å²) in [5.74, 6) is 2.63. The zero-order valence-corrected chi connectivity index (χ0v) is 9.73. The van der Waals surface area contributed by atoms with Gasteiger partial charge in [-0.05, 0) is 20.8 Å². The first-order valence-corrected chi connectivity index (χ1v) is 5.57. The third kappa shape index (κ3) is 3.20. The molecule has 1 saturated heterocycles. The molecule has 15 heavy (non-hydrogen) atoms. The lowest BCUT2D eigenvalue weighted by molar-refractivity contribution is -0.178. The SMILES string of the molecule is C#C[C@@H]1O[C@@H](C)C[C@@H](OCC)[C@H]1OCC. The molecule has 0 saturated carbocycles. The summed E-state index contributed by atoms with van der Waals surface area (Å²) in [5.41, 5.74) is 0. The molecule has 0 spiro atoms. The van der Waals surface area contributed by atoms with Gasteiger partial charge in [0.2, 0.25) is 0 Å². The molecule has 0 amide bonds. The van der Waals surface area contributed by atoms with Gasteiger partial charge in [0.25, 0.3) is 0 Å². The van der Waals surface area contributed by atoms with Gasteiger partial charge in [-0.15, -0.1) is 6.42 Å². The first-order chi connectivity index (χ1) is 7.22. The Morgan fingerprint density at radius 1 is 1.33 bits per heavy atom. The van der Waals surface area contributed by atoms with Crippen LogP contribution in [0.3, 0.4) is 0 Å². The summed E-state index contributed by atoms with van der Waals surface area (Å²) < 4.78 is 16.9. The summed E-state index contributed by atoms with van der Waals surface area (Å²) in [6.07, 6.45) is 6.06. The van der Waals surface area contributed by atoms with Crippen LogP contribution in [0.5, 0.6) is 0 Å². The van der Waals surface area contributed by atoms with Crippen LogP contribution in [0.4, 0.5) is 0 Å². The molecule has 1 rings (SSSR count). The van der Waals surface area contributed by atoms with Gasteiger partial charge in [0.05, 0.1) is 12.2 Å². The lowest BCUT2D eigenvalue weighted by atomic mass is 9.98. The van der Waals surface area contributed by atoms with Gasteiger partial charge in [-0.25, -0.2) is 0 Å². The second kappa shape index (κ2) is 6.12. The van der Waals surface area contributed by atoms with Crippen molar-refractivity contribution < 1.29 is 14.2 Å². The summed E-state index contributed by atoms with van der Waals surface area (Å²) in [7, 11) is 0. The Kier molecular flexibility index (Phi) is 5.10. The standard InChI is InChI=1S/C12H20O3/c1-5-10-12(14-7-3)11(13-6-2)8-9(4)15-10/h1,9-12H,6-8H2,2-4H3/t9-,10-,11+,12-/m0/s1. The van der Waals surface area contributed by atoms with Crippen LogP contribution in [-0.2, 0) is 14.2 Å². The van der Waals surface area contributed by atoms with Crippen LogP contribution >= 0.6 is 0 Å². The molecule has 0 aromatic rings. The second-order valence-corrected chi connectivity index (χ2v) is 3.68. The molecule has 1 heterocycles. The number of hydrogen-bond donors (Lipinski definition) is 0. The zero-order valence-electron chi connectivity index (χ0n) is 9.73. The molecule has 0 aromatic heterocycles. The molecule has 3 nitrogen and oxygen atoms in total. The van der Waals surface area contributed by atoms with Crippen LogP contribution in [0.1, 0.15) is 27.2 Å². The minimum absolute atomic E-state index is 0.0553. The molecule has 0 aliphatic carbocycles. The quantitative estimate of drug-likeness (QED) is 0.663. The van der Waals surface area contributed by atoms with Crippen molar-refractivity contribution in [3.8, 4) is 12.3 Å². The van der Waals surface area contributed by atoms with Crippen molar-refractivity contribution in [3.05, 3.63) is 0 Å². The maximum atomic E-state index is 5.65. The Balaban J connectivity index is 2.67. The smallest absolute Gasteiger partial charge is 0.146 e. The molecule has 0 unspecified atom stereocenters. The Hall–Kier alpha value is -0.560. The van der Waals surface area contributed by atoms with Gasteiger partial charge in [-0.3, -0.25) is 0 Å². The molecule has 1 fully saturated rings. The predicted octanol–water partition coefficient (Wildman–Crippen LogP) is 1.61. The summed E-state index contributed by atoms with van der Waals surface area (Å²) >= 11 is 0. The number of ether oxygens (including phenoxy) is 3. The summed E-state index contributed by atoms with van der Waals surface area (Å²) in [6.45, 7) is 7.25. The van der Waals surface area contributed by atoms with Gasteiger partial charge < -0.3 is 14.2 Å². The Morgan fingerprint density at radius 3 is 2.53 bits per heavy atom. The predicted molar refractivity (Wildman–Crippen MR) is 58.6 cm³/mol. The highest BCUT2D eigenvalue weighted by Crippen LogP contribution is 2.24. The largest absolute Gasteiger partial charge is 0.376 e. The number of hydrogen-bond acceptors (Lipinski definition) is 3. The molecule has 1 aliphatic rings. The molecule has 0 N–H and O–H groups in total. The second-order valence-electron chi connectivity index (χ2n) is 3.68. The van der Waals surface area contributed by atoms with Gasteiger partial charge in [0.1, 0.15) is 12.2 Å². The number of rotatable bonds is 4.